The number of nitrogens with zero attached hydrogens (tertiary/aromatic N) is 2. The SMILES string of the molecule is Nc1cnc(N2CCCCCCC2)cc1C(=O)O. The Morgan fingerprint density at radius 2 is 1.83 bits per heavy atom. The van der Waals surface area contributed by atoms with Gasteiger partial charge in [0.25, 0.3) is 0 Å². The summed E-state index contributed by atoms with van der Waals surface area (Å²) >= 11 is 0. The van der Waals surface area contributed by atoms with Crippen molar-refractivity contribution in [3.63, 3.8) is 0 Å². The highest BCUT2D eigenvalue weighted by molar-refractivity contribution is 5.94. The Hall–Kier alpha value is -1.78. The molecule has 0 aromatic carbocycles. The Bertz CT molecular complexity index is 426. The molecule has 2 rings (SSSR count). The second-order valence-corrected chi connectivity index (χ2v) is 4.69. The number of carbonyl (C=O) groups is 1. The number of nitrogen functional groups attached to an aromatic ring is 1. The van der Waals surface area contributed by atoms with E-state index in [1.807, 2.05) is 0 Å². The molecule has 1 aliphatic rings. The Labute approximate surface area is 107 Å². The third kappa shape index (κ3) is 2.91. The first-order valence-corrected chi connectivity index (χ1v) is 6.42. The third-order valence-electron chi connectivity index (χ3n) is 3.33. The molecule has 5 nitrogen and oxygen atoms in total. The quantitative estimate of drug-likeness (QED) is 0.839. The first-order valence-electron chi connectivity index (χ1n) is 6.42. The lowest BCUT2D eigenvalue weighted by Gasteiger charge is -2.26. The van der Waals surface area contributed by atoms with Gasteiger partial charge in [0.1, 0.15) is 5.82 Å². The summed E-state index contributed by atoms with van der Waals surface area (Å²) in [7, 11) is 0. The van der Waals surface area contributed by atoms with Crippen molar-refractivity contribution in [2.75, 3.05) is 23.7 Å². The lowest BCUT2D eigenvalue weighted by molar-refractivity contribution is 0.0698. The topological polar surface area (TPSA) is 79.5 Å². The average Bonchev–Trinajstić information content (AvgIpc) is 2.29. The second kappa shape index (κ2) is 5.71. The summed E-state index contributed by atoms with van der Waals surface area (Å²) in [5, 5.41) is 9.06. The van der Waals surface area contributed by atoms with Gasteiger partial charge in [-0.3, -0.25) is 0 Å². The summed E-state index contributed by atoms with van der Waals surface area (Å²) in [4.78, 5) is 17.5. The number of anilines is 2. The molecule has 1 saturated heterocycles. The lowest BCUT2D eigenvalue weighted by Crippen LogP contribution is -2.28. The molecule has 1 aromatic rings. The molecule has 0 spiro atoms. The number of rotatable bonds is 2. The Morgan fingerprint density at radius 1 is 1.22 bits per heavy atom. The summed E-state index contributed by atoms with van der Waals surface area (Å²) in [6.07, 6.45) is 7.47. The fourth-order valence-electron chi connectivity index (χ4n) is 2.29. The van der Waals surface area contributed by atoms with E-state index in [0.717, 1.165) is 31.7 Å². The van der Waals surface area contributed by atoms with Gasteiger partial charge in [0.05, 0.1) is 17.4 Å². The first kappa shape index (κ1) is 12.7. The summed E-state index contributed by atoms with van der Waals surface area (Å²) in [5.41, 5.74) is 5.98. The van der Waals surface area contributed by atoms with Crippen LogP contribution in [0.3, 0.4) is 0 Å². The molecule has 3 N–H and O–H groups in total. The van der Waals surface area contributed by atoms with Gasteiger partial charge in [-0.05, 0) is 18.9 Å². The van der Waals surface area contributed by atoms with Gasteiger partial charge in [-0.1, -0.05) is 19.3 Å². The van der Waals surface area contributed by atoms with Crippen molar-refractivity contribution in [1.29, 1.82) is 0 Å². The van der Waals surface area contributed by atoms with Crippen LogP contribution in [0.5, 0.6) is 0 Å². The van der Waals surface area contributed by atoms with Gasteiger partial charge in [0.2, 0.25) is 0 Å². The lowest BCUT2D eigenvalue weighted by atomic mass is 10.1. The van der Waals surface area contributed by atoms with Crippen LogP contribution in [0, 0.1) is 0 Å². The van der Waals surface area contributed by atoms with Crippen LogP contribution in [0.25, 0.3) is 0 Å². The van der Waals surface area contributed by atoms with Gasteiger partial charge < -0.3 is 15.7 Å². The maximum Gasteiger partial charge on any atom is 0.337 e. The van der Waals surface area contributed by atoms with Crippen LogP contribution in [0.15, 0.2) is 12.3 Å². The smallest absolute Gasteiger partial charge is 0.337 e. The van der Waals surface area contributed by atoms with Crippen molar-refractivity contribution in [2.45, 2.75) is 32.1 Å². The Morgan fingerprint density at radius 3 is 2.44 bits per heavy atom. The van der Waals surface area contributed by atoms with Crippen molar-refractivity contribution in [3.05, 3.63) is 17.8 Å². The number of carboxylic acid groups (broad SMARTS) is 1. The van der Waals surface area contributed by atoms with Crippen molar-refractivity contribution >= 4 is 17.5 Å². The fourth-order valence-corrected chi connectivity index (χ4v) is 2.29. The zero-order valence-electron chi connectivity index (χ0n) is 10.4. The Balaban J connectivity index is 2.20. The van der Waals surface area contributed by atoms with Crippen LogP contribution in [0.1, 0.15) is 42.5 Å². The predicted molar refractivity (Wildman–Crippen MR) is 70.9 cm³/mol. The van der Waals surface area contributed by atoms with Crippen LogP contribution in [-0.4, -0.2) is 29.1 Å². The zero-order valence-corrected chi connectivity index (χ0v) is 10.4. The van der Waals surface area contributed by atoms with E-state index in [4.69, 9.17) is 10.8 Å². The predicted octanol–water partition coefficient (Wildman–Crippen LogP) is 2.13. The monoisotopic (exact) mass is 249 g/mol. The van der Waals surface area contributed by atoms with Crippen LogP contribution in [0.2, 0.25) is 0 Å². The van der Waals surface area contributed by atoms with Gasteiger partial charge >= 0.3 is 5.97 Å². The second-order valence-electron chi connectivity index (χ2n) is 4.69. The fraction of sp³-hybridized carbons (Fsp3) is 0.538. The van der Waals surface area contributed by atoms with Gasteiger partial charge in [0, 0.05) is 13.1 Å². The van der Waals surface area contributed by atoms with Crippen molar-refractivity contribution in [1.82, 2.24) is 4.98 Å². The maximum atomic E-state index is 11.1. The molecule has 2 heterocycles. The number of aromatic nitrogens is 1. The van der Waals surface area contributed by atoms with E-state index >= 15 is 0 Å². The van der Waals surface area contributed by atoms with E-state index in [2.05, 4.69) is 9.88 Å². The minimum atomic E-state index is -0.997. The van der Waals surface area contributed by atoms with Gasteiger partial charge in [0.15, 0.2) is 0 Å². The largest absolute Gasteiger partial charge is 0.478 e. The minimum Gasteiger partial charge on any atom is -0.478 e. The summed E-state index contributed by atoms with van der Waals surface area (Å²) < 4.78 is 0. The number of aromatic carboxylic acids is 1. The van der Waals surface area contributed by atoms with E-state index in [0.29, 0.717) is 0 Å². The highest BCUT2D eigenvalue weighted by atomic mass is 16.4. The van der Waals surface area contributed by atoms with Crippen LogP contribution in [-0.2, 0) is 0 Å². The molecular weight excluding hydrogens is 230 g/mol. The molecule has 0 radical (unpaired) electrons. The molecule has 0 unspecified atom stereocenters. The molecule has 1 aromatic heterocycles. The van der Waals surface area contributed by atoms with Crippen molar-refractivity contribution in [3.8, 4) is 0 Å². The van der Waals surface area contributed by atoms with Crippen LogP contribution >= 0.6 is 0 Å². The van der Waals surface area contributed by atoms with E-state index in [1.165, 1.54) is 25.5 Å². The molecule has 18 heavy (non-hydrogen) atoms. The van der Waals surface area contributed by atoms with Gasteiger partial charge in [-0.2, -0.15) is 0 Å². The standard InChI is InChI=1S/C13H19N3O2/c14-11-9-15-12(8-10(11)13(17)18)16-6-4-2-1-3-5-7-16/h8-9H,1-7,14H2,(H,17,18). The molecule has 0 amide bonds. The van der Waals surface area contributed by atoms with Crippen molar-refractivity contribution in [2.24, 2.45) is 0 Å². The molecule has 0 saturated carbocycles. The van der Waals surface area contributed by atoms with E-state index < -0.39 is 5.97 Å². The summed E-state index contributed by atoms with van der Waals surface area (Å²) in [6.45, 7) is 1.88. The summed E-state index contributed by atoms with van der Waals surface area (Å²) in [6, 6.07) is 1.58. The van der Waals surface area contributed by atoms with E-state index in [-0.39, 0.29) is 11.3 Å². The number of nitrogens with two attached hydrogens (primary N) is 1. The molecule has 1 aliphatic heterocycles. The summed E-state index contributed by atoms with van der Waals surface area (Å²) in [5.74, 6) is -0.272. The highest BCUT2D eigenvalue weighted by Crippen LogP contribution is 2.21. The number of hydrogen-bond donors (Lipinski definition) is 2. The molecule has 0 atom stereocenters. The Kier molecular flexibility index (Phi) is 4.02. The molecule has 5 heteroatoms. The average molecular weight is 249 g/mol. The minimum absolute atomic E-state index is 0.141. The van der Waals surface area contributed by atoms with Crippen molar-refractivity contribution < 1.29 is 9.90 Å². The van der Waals surface area contributed by atoms with Gasteiger partial charge in [-0.25, -0.2) is 9.78 Å². The molecule has 1 fully saturated rings. The number of hydrogen-bond acceptors (Lipinski definition) is 4. The van der Waals surface area contributed by atoms with E-state index in [9.17, 15) is 4.79 Å². The molecule has 0 aliphatic carbocycles. The van der Waals surface area contributed by atoms with E-state index in [1.54, 1.807) is 6.07 Å². The first-order chi connectivity index (χ1) is 8.68. The zero-order chi connectivity index (χ0) is 13.0. The molecular formula is C13H19N3O2. The normalized spacial score (nSPS) is 17.0. The van der Waals surface area contributed by atoms with Crippen LogP contribution < -0.4 is 10.6 Å². The third-order valence-corrected chi connectivity index (χ3v) is 3.33. The number of carboxylic acids is 1. The maximum absolute atomic E-state index is 11.1. The number of pyridine rings is 1. The molecule has 98 valence electrons. The molecule has 0 bridgehead atoms. The van der Waals surface area contributed by atoms with Crippen LogP contribution in [0.4, 0.5) is 11.5 Å². The highest BCUT2D eigenvalue weighted by Gasteiger charge is 2.14. The van der Waals surface area contributed by atoms with Gasteiger partial charge in [-0.15, -0.1) is 0 Å².